The number of nitrogens with zero attached hydrogens (tertiary/aromatic N) is 8. The normalized spacial score (nSPS) is 36.1. The molecule has 0 aromatic carbocycles. The van der Waals surface area contributed by atoms with Gasteiger partial charge in [-0.3, -0.25) is 22.4 Å². The molecule has 236 valence electrons. The van der Waals surface area contributed by atoms with Crippen molar-refractivity contribution in [2.75, 3.05) is 23.8 Å². The van der Waals surface area contributed by atoms with Gasteiger partial charge in [-0.25, -0.2) is 38.9 Å². The third-order valence-electron chi connectivity index (χ3n) is 7.47. The van der Waals surface area contributed by atoms with Crippen LogP contribution in [-0.2, 0) is 37.4 Å². The molecule has 9 atom stereocenters. The molecule has 4 aromatic rings. The van der Waals surface area contributed by atoms with E-state index in [9.17, 15) is 23.0 Å². The van der Waals surface area contributed by atoms with Crippen LogP contribution in [0, 0.1) is 0 Å². The largest absolute Gasteiger partial charge is 0.472 e. The van der Waals surface area contributed by atoms with E-state index in [0.29, 0.717) is 0 Å². The fraction of sp³-hybridized carbons (Fsp3) is 0.524. The van der Waals surface area contributed by atoms with Crippen LogP contribution in [0.5, 0.6) is 0 Å². The van der Waals surface area contributed by atoms with E-state index in [1.54, 1.807) is 0 Å². The molecule has 6 N–H and O–H groups in total. The van der Waals surface area contributed by atoms with Crippen molar-refractivity contribution in [3.8, 4) is 0 Å². The van der Waals surface area contributed by atoms with E-state index in [4.69, 9.17) is 34.2 Å². The summed E-state index contributed by atoms with van der Waals surface area (Å²) < 4.78 is 84.9. The van der Waals surface area contributed by atoms with Gasteiger partial charge >= 0.3 is 7.82 Å². The summed E-state index contributed by atoms with van der Waals surface area (Å²) in [5.41, 5.74) is 12.3. The van der Waals surface area contributed by atoms with Gasteiger partial charge in [-0.1, -0.05) is 0 Å². The first-order valence-corrected chi connectivity index (χ1v) is 16.1. The Balaban J connectivity index is 1.17. The van der Waals surface area contributed by atoms with Gasteiger partial charge in [0.2, 0.25) is 0 Å². The number of aliphatic hydroxyl groups excluding tert-OH is 1. The lowest BCUT2D eigenvalue weighted by Gasteiger charge is -2.26. The molecule has 0 saturated carbocycles. The number of phosphoric acid groups is 1. The molecule has 0 aliphatic carbocycles. The minimum atomic E-state index is -5.05. The number of aromatic nitrogens is 8. The summed E-state index contributed by atoms with van der Waals surface area (Å²) in [4.78, 5) is 34.5. The summed E-state index contributed by atoms with van der Waals surface area (Å²) >= 11 is 0. The standard InChI is InChI=1S/C21H24FN10O10PS/c22-10-14-8(39-20(10)31-6-29-11-16(23)25-4-27-18(11)31)1-2-44(36,37)42-15-9(3-38-43(34,35)41-14)40-21(13(15)33)32-7-30-12-17(24)26-5-28-19(12)32/h4-10,13-15,20-21,33H,1-3H2,(H,34,35)(H2,23,25,27)(H2,24,26,28)/t8-,9-,10-,13-,14-,15-,20-,21-/m1/s1. The summed E-state index contributed by atoms with van der Waals surface area (Å²) in [6.45, 7) is -0.799. The zero-order valence-electron chi connectivity index (χ0n) is 22.2. The van der Waals surface area contributed by atoms with Gasteiger partial charge in [0.05, 0.1) is 31.1 Å². The molecule has 4 aromatic heterocycles. The average Bonchev–Trinajstić information content (AvgIpc) is 3.73. The Hall–Kier alpha value is -3.47. The van der Waals surface area contributed by atoms with E-state index >= 15 is 4.39 Å². The van der Waals surface area contributed by atoms with Crippen molar-refractivity contribution in [2.45, 2.75) is 55.6 Å². The Labute approximate surface area is 245 Å². The maximum Gasteiger partial charge on any atom is 0.472 e. The molecular formula is C21H24FN10O10PS. The zero-order valence-corrected chi connectivity index (χ0v) is 23.9. The molecule has 0 radical (unpaired) electrons. The Kier molecular flexibility index (Phi) is 7.02. The van der Waals surface area contributed by atoms with Crippen molar-refractivity contribution in [3.05, 3.63) is 25.3 Å². The number of imidazole rings is 2. The van der Waals surface area contributed by atoms with E-state index in [0.717, 1.165) is 12.7 Å². The maximum absolute atomic E-state index is 15.9. The molecule has 3 aliphatic heterocycles. The number of nitrogens with two attached hydrogens (primary N) is 2. The first-order chi connectivity index (χ1) is 20.9. The van der Waals surface area contributed by atoms with Crippen molar-refractivity contribution < 1.29 is 50.1 Å². The van der Waals surface area contributed by atoms with Crippen LogP contribution in [0.25, 0.3) is 22.3 Å². The molecule has 0 amide bonds. The summed E-state index contributed by atoms with van der Waals surface area (Å²) in [5, 5.41) is 11.1. The Morgan fingerprint density at radius 1 is 0.909 bits per heavy atom. The summed E-state index contributed by atoms with van der Waals surface area (Å²) in [6, 6.07) is 0. The van der Waals surface area contributed by atoms with Crippen LogP contribution in [0.4, 0.5) is 16.0 Å². The van der Waals surface area contributed by atoms with Crippen LogP contribution in [0.2, 0.25) is 0 Å². The predicted molar refractivity (Wildman–Crippen MR) is 142 cm³/mol. The number of aliphatic hydroxyl groups is 1. The van der Waals surface area contributed by atoms with Gasteiger partial charge in [0, 0.05) is 0 Å². The number of ether oxygens (including phenoxy) is 2. The van der Waals surface area contributed by atoms with Gasteiger partial charge in [0.1, 0.15) is 48.1 Å². The number of hydrogen-bond acceptors (Lipinski definition) is 17. The van der Waals surface area contributed by atoms with Gasteiger partial charge in [-0.05, 0) is 6.42 Å². The quantitative estimate of drug-likeness (QED) is 0.148. The van der Waals surface area contributed by atoms with Crippen molar-refractivity contribution in [1.29, 1.82) is 0 Å². The highest BCUT2D eigenvalue weighted by Crippen LogP contribution is 2.51. The molecule has 3 fully saturated rings. The molecule has 20 nitrogen and oxygen atoms in total. The lowest BCUT2D eigenvalue weighted by molar-refractivity contribution is -0.0545. The minimum absolute atomic E-state index is 0.0252. The second kappa shape index (κ2) is 10.6. The average molecular weight is 659 g/mol. The van der Waals surface area contributed by atoms with E-state index in [2.05, 4.69) is 29.9 Å². The Morgan fingerprint density at radius 2 is 1.50 bits per heavy atom. The topological polar surface area (TPSA) is 277 Å². The van der Waals surface area contributed by atoms with Gasteiger partial charge in [-0.2, -0.15) is 8.42 Å². The van der Waals surface area contributed by atoms with E-state index in [1.807, 2.05) is 0 Å². The number of alkyl halides is 1. The van der Waals surface area contributed by atoms with Crippen molar-refractivity contribution in [1.82, 2.24) is 39.0 Å². The Bertz CT molecular complexity index is 1900. The minimum Gasteiger partial charge on any atom is -0.386 e. The van der Waals surface area contributed by atoms with Crippen LogP contribution in [0.1, 0.15) is 18.9 Å². The fourth-order valence-electron chi connectivity index (χ4n) is 5.42. The highest BCUT2D eigenvalue weighted by atomic mass is 32.2. The number of rotatable bonds is 2. The first kappa shape index (κ1) is 29.3. The molecule has 0 bridgehead atoms. The van der Waals surface area contributed by atoms with Crippen molar-refractivity contribution >= 4 is 51.9 Å². The molecule has 0 spiro atoms. The third kappa shape index (κ3) is 4.97. The fourth-order valence-corrected chi connectivity index (χ4v) is 7.57. The lowest BCUT2D eigenvalue weighted by atomic mass is 10.1. The predicted octanol–water partition coefficient (Wildman–Crippen LogP) is -1.05. The molecule has 3 aliphatic rings. The smallest absolute Gasteiger partial charge is 0.386 e. The molecule has 23 heteroatoms. The van der Waals surface area contributed by atoms with Gasteiger partial charge in [0.25, 0.3) is 10.1 Å². The van der Waals surface area contributed by atoms with Crippen molar-refractivity contribution in [3.63, 3.8) is 0 Å². The lowest BCUT2D eigenvalue weighted by Crippen LogP contribution is -2.40. The van der Waals surface area contributed by atoms with Crippen molar-refractivity contribution in [2.24, 2.45) is 0 Å². The maximum atomic E-state index is 15.9. The summed E-state index contributed by atoms with van der Waals surface area (Å²) in [5.74, 6) is -0.670. The Morgan fingerprint density at radius 3 is 2.14 bits per heavy atom. The number of anilines is 2. The molecular weight excluding hydrogens is 634 g/mol. The van der Waals surface area contributed by atoms with Crippen LogP contribution in [0.3, 0.4) is 0 Å². The number of fused-ring (bicyclic) bond motifs is 4. The van der Waals surface area contributed by atoms with Gasteiger partial charge < -0.3 is 30.9 Å². The van der Waals surface area contributed by atoms with Gasteiger partial charge in [0.15, 0.2) is 41.6 Å². The van der Waals surface area contributed by atoms with Gasteiger partial charge in [-0.15, -0.1) is 0 Å². The number of halogens is 1. The van der Waals surface area contributed by atoms with Crippen LogP contribution >= 0.6 is 7.82 Å². The molecule has 7 rings (SSSR count). The van der Waals surface area contributed by atoms with Crippen LogP contribution in [0.15, 0.2) is 25.3 Å². The highest BCUT2D eigenvalue weighted by Gasteiger charge is 2.53. The number of hydrogen-bond donors (Lipinski definition) is 4. The number of phosphoric ester groups is 1. The van der Waals surface area contributed by atoms with E-state index in [1.165, 1.54) is 21.8 Å². The molecule has 3 saturated heterocycles. The summed E-state index contributed by atoms with van der Waals surface area (Å²) in [6.07, 6.45) is -8.46. The second-order valence-electron chi connectivity index (χ2n) is 10.2. The van der Waals surface area contributed by atoms with E-state index < -0.39 is 85.9 Å². The molecule has 44 heavy (non-hydrogen) atoms. The molecule has 1 unspecified atom stereocenters. The second-order valence-corrected chi connectivity index (χ2v) is 13.3. The molecule has 7 heterocycles. The summed E-state index contributed by atoms with van der Waals surface area (Å²) in [7, 11) is -9.49. The van der Waals surface area contributed by atoms with Crippen LogP contribution in [-0.4, -0.2) is 107 Å². The first-order valence-electron chi connectivity index (χ1n) is 13.0. The van der Waals surface area contributed by atoms with E-state index in [-0.39, 0.29) is 34.0 Å². The zero-order chi connectivity index (χ0) is 31.0. The SMILES string of the molecule is Nc1ncnc2c1ncn2[C@@H]1O[C@@H]2COP(=O)(O)O[C@H]3[C@@H](F)[C@H](n4cnc5c(N)ncnc54)O[C@@H]3CCS(=O)(=O)O[C@H]2[C@H]1O. The highest BCUT2D eigenvalue weighted by molar-refractivity contribution is 7.86. The van der Waals surface area contributed by atoms with Crippen LogP contribution < -0.4 is 11.5 Å². The third-order valence-corrected chi connectivity index (χ3v) is 9.70. The number of nitrogen functional groups attached to an aromatic ring is 2. The monoisotopic (exact) mass is 658 g/mol.